The molecule has 0 heterocycles. The normalized spacial score (nSPS) is 13.9. The number of rotatable bonds is 3. The maximum absolute atomic E-state index is 13.3. The molecule has 1 aliphatic rings. The molecule has 0 saturated heterocycles. The average molecular weight is 252 g/mol. The van der Waals surface area contributed by atoms with Crippen LogP contribution in [0.15, 0.2) is 42.5 Å². The molecule has 94 valence electrons. The number of nitrogens with one attached hydrogen (secondary N) is 1. The van der Waals surface area contributed by atoms with Crippen molar-refractivity contribution in [2.45, 2.75) is 18.8 Å². The second kappa shape index (κ2) is 4.74. The zero-order valence-corrected chi connectivity index (χ0v) is 10.4. The van der Waals surface area contributed by atoms with Gasteiger partial charge in [-0.1, -0.05) is 12.1 Å². The molecule has 1 N–H and O–H groups in total. The fourth-order valence-corrected chi connectivity index (χ4v) is 2.21. The fourth-order valence-electron chi connectivity index (χ4n) is 2.21. The van der Waals surface area contributed by atoms with Gasteiger partial charge >= 0.3 is 0 Å². The number of anilines is 2. The van der Waals surface area contributed by atoms with Gasteiger partial charge in [0.05, 0.1) is 11.3 Å². The van der Waals surface area contributed by atoms with Crippen LogP contribution in [0.3, 0.4) is 0 Å². The van der Waals surface area contributed by atoms with E-state index in [0.717, 1.165) is 29.8 Å². The monoisotopic (exact) mass is 252 g/mol. The number of para-hydroxylation sites is 1. The number of hydrogen-bond acceptors (Lipinski definition) is 2. The molecule has 0 aromatic heterocycles. The molecule has 3 heteroatoms. The first-order valence-electron chi connectivity index (χ1n) is 6.33. The number of benzene rings is 2. The molecule has 1 fully saturated rings. The minimum atomic E-state index is -0.207. The third-order valence-electron chi connectivity index (χ3n) is 3.35. The second-order valence-corrected chi connectivity index (χ2v) is 4.79. The molecule has 0 atom stereocenters. The molecule has 0 bridgehead atoms. The fraction of sp³-hybridized carbons (Fsp3) is 0.188. The SMILES string of the molecule is N#Cc1ccccc1Nc1ccc(F)cc1C1CC1. The van der Waals surface area contributed by atoms with Gasteiger partial charge in [-0.2, -0.15) is 5.26 Å². The highest BCUT2D eigenvalue weighted by Gasteiger charge is 2.26. The third kappa shape index (κ3) is 2.43. The van der Waals surface area contributed by atoms with E-state index in [2.05, 4.69) is 11.4 Å². The van der Waals surface area contributed by atoms with Crippen LogP contribution in [-0.4, -0.2) is 0 Å². The predicted molar refractivity (Wildman–Crippen MR) is 72.8 cm³/mol. The maximum Gasteiger partial charge on any atom is 0.123 e. The van der Waals surface area contributed by atoms with Gasteiger partial charge in [-0.3, -0.25) is 0 Å². The number of halogens is 1. The lowest BCUT2D eigenvalue weighted by atomic mass is 10.1. The Bertz CT molecular complexity index is 654. The van der Waals surface area contributed by atoms with Crippen molar-refractivity contribution in [2.24, 2.45) is 0 Å². The first-order chi connectivity index (χ1) is 9.28. The van der Waals surface area contributed by atoms with Crippen molar-refractivity contribution < 1.29 is 4.39 Å². The summed E-state index contributed by atoms with van der Waals surface area (Å²) in [6.45, 7) is 0. The van der Waals surface area contributed by atoms with Gasteiger partial charge in [0.15, 0.2) is 0 Å². The predicted octanol–water partition coefficient (Wildman–Crippen LogP) is 4.32. The van der Waals surface area contributed by atoms with Gasteiger partial charge in [-0.25, -0.2) is 4.39 Å². The topological polar surface area (TPSA) is 35.8 Å². The van der Waals surface area contributed by atoms with Crippen molar-refractivity contribution in [1.29, 1.82) is 5.26 Å². The summed E-state index contributed by atoms with van der Waals surface area (Å²) in [5.74, 6) is 0.244. The van der Waals surface area contributed by atoms with Gasteiger partial charge in [-0.05, 0) is 54.7 Å². The standard InChI is InChI=1S/C16H13FN2/c17-13-7-8-16(14(9-13)11-5-6-11)19-15-4-2-1-3-12(15)10-18/h1-4,7-9,11,19H,5-6H2. The van der Waals surface area contributed by atoms with Crippen molar-refractivity contribution in [3.63, 3.8) is 0 Å². The van der Waals surface area contributed by atoms with E-state index in [1.54, 1.807) is 18.2 Å². The molecular formula is C16H13FN2. The first-order valence-corrected chi connectivity index (χ1v) is 6.33. The molecule has 2 nitrogen and oxygen atoms in total. The Morgan fingerprint density at radius 1 is 1.11 bits per heavy atom. The maximum atomic E-state index is 13.3. The lowest BCUT2D eigenvalue weighted by molar-refractivity contribution is 0.626. The number of nitrogens with zero attached hydrogens (tertiary/aromatic N) is 1. The quantitative estimate of drug-likeness (QED) is 0.883. The van der Waals surface area contributed by atoms with Gasteiger partial charge in [-0.15, -0.1) is 0 Å². The van der Waals surface area contributed by atoms with Crippen LogP contribution in [0.25, 0.3) is 0 Å². The summed E-state index contributed by atoms with van der Waals surface area (Å²) < 4.78 is 13.3. The Morgan fingerprint density at radius 3 is 2.63 bits per heavy atom. The third-order valence-corrected chi connectivity index (χ3v) is 3.35. The summed E-state index contributed by atoms with van der Waals surface area (Å²) in [4.78, 5) is 0. The molecule has 19 heavy (non-hydrogen) atoms. The van der Waals surface area contributed by atoms with Crippen LogP contribution in [0.5, 0.6) is 0 Å². The van der Waals surface area contributed by atoms with Crippen LogP contribution in [0, 0.1) is 17.1 Å². The molecule has 2 aromatic rings. The van der Waals surface area contributed by atoms with Crippen LogP contribution < -0.4 is 5.32 Å². The van der Waals surface area contributed by atoms with Gasteiger partial charge in [0, 0.05) is 5.69 Å². The Kier molecular flexibility index (Phi) is 2.92. The van der Waals surface area contributed by atoms with E-state index in [-0.39, 0.29) is 5.82 Å². The van der Waals surface area contributed by atoms with Crippen LogP contribution in [0.4, 0.5) is 15.8 Å². The van der Waals surface area contributed by atoms with E-state index < -0.39 is 0 Å². The van der Waals surface area contributed by atoms with Gasteiger partial charge in [0.2, 0.25) is 0 Å². The molecule has 2 aromatic carbocycles. The Morgan fingerprint density at radius 2 is 1.89 bits per heavy atom. The smallest absolute Gasteiger partial charge is 0.123 e. The lowest BCUT2D eigenvalue weighted by Gasteiger charge is -2.12. The number of hydrogen-bond donors (Lipinski definition) is 1. The van der Waals surface area contributed by atoms with Crippen molar-refractivity contribution in [3.05, 3.63) is 59.4 Å². The van der Waals surface area contributed by atoms with Crippen molar-refractivity contribution in [2.75, 3.05) is 5.32 Å². The summed E-state index contributed by atoms with van der Waals surface area (Å²) >= 11 is 0. The molecule has 0 spiro atoms. The molecule has 1 saturated carbocycles. The van der Waals surface area contributed by atoms with E-state index in [9.17, 15) is 4.39 Å². The van der Waals surface area contributed by atoms with Crippen LogP contribution in [0.1, 0.15) is 29.9 Å². The van der Waals surface area contributed by atoms with E-state index >= 15 is 0 Å². The molecule has 3 rings (SSSR count). The summed E-state index contributed by atoms with van der Waals surface area (Å²) in [5, 5.41) is 12.3. The molecular weight excluding hydrogens is 239 g/mol. The Balaban J connectivity index is 1.97. The van der Waals surface area contributed by atoms with Gasteiger partial charge in [0.25, 0.3) is 0 Å². The molecule has 0 radical (unpaired) electrons. The zero-order chi connectivity index (χ0) is 13.2. The summed E-state index contributed by atoms with van der Waals surface area (Å²) in [6.07, 6.45) is 2.22. The van der Waals surface area contributed by atoms with Crippen LogP contribution in [0.2, 0.25) is 0 Å². The minimum absolute atomic E-state index is 0.207. The van der Waals surface area contributed by atoms with E-state index in [1.807, 2.05) is 18.2 Å². The van der Waals surface area contributed by atoms with Crippen molar-refractivity contribution >= 4 is 11.4 Å². The van der Waals surface area contributed by atoms with Crippen LogP contribution >= 0.6 is 0 Å². The average Bonchev–Trinajstić information content (AvgIpc) is 3.26. The highest BCUT2D eigenvalue weighted by molar-refractivity contribution is 5.69. The summed E-state index contributed by atoms with van der Waals surface area (Å²) in [5.41, 5.74) is 3.26. The van der Waals surface area contributed by atoms with Gasteiger partial charge < -0.3 is 5.32 Å². The van der Waals surface area contributed by atoms with Crippen molar-refractivity contribution in [1.82, 2.24) is 0 Å². The van der Waals surface area contributed by atoms with E-state index in [1.165, 1.54) is 6.07 Å². The minimum Gasteiger partial charge on any atom is -0.354 e. The van der Waals surface area contributed by atoms with Gasteiger partial charge in [0.1, 0.15) is 11.9 Å². The number of nitriles is 1. The van der Waals surface area contributed by atoms with E-state index in [0.29, 0.717) is 11.5 Å². The molecule has 0 amide bonds. The summed E-state index contributed by atoms with van der Waals surface area (Å²) in [7, 11) is 0. The molecule has 1 aliphatic carbocycles. The molecule has 0 aliphatic heterocycles. The highest BCUT2D eigenvalue weighted by atomic mass is 19.1. The first kappa shape index (κ1) is 11.7. The second-order valence-electron chi connectivity index (χ2n) is 4.79. The highest BCUT2D eigenvalue weighted by Crippen LogP contribution is 2.44. The lowest BCUT2D eigenvalue weighted by Crippen LogP contribution is -1.97. The van der Waals surface area contributed by atoms with Crippen LogP contribution in [-0.2, 0) is 0 Å². The Labute approximate surface area is 111 Å². The summed E-state index contributed by atoms with van der Waals surface area (Å²) in [6, 6.07) is 14.3. The van der Waals surface area contributed by atoms with E-state index in [4.69, 9.17) is 5.26 Å². The van der Waals surface area contributed by atoms with Crippen molar-refractivity contribution in [3.8, 4) is 6.07 Å². The largest absolute Gasteiger partial charge is 0.354 e. The Hall–Kier alpha value is -2.34. The zero-order valence-electron chi connectivity index (χ0n) is 10.4. The molecule has 0 unspecified atom stereocenters.